The SMILES string of the molecule is C=C(C)C1CC(=O)[C@@H]2NN=C([Si](C)(C)C)[C@H]2C1. The number of hydrazone groups is 1. The Morgan fingerprint density at radius 2 is 2.12 bits per heavy atom. The summed E-state index contributed by atoms with van der Waals surface area (Å²) < 4.78 is 0. The fraction of sp³-hybridized carbons (Fsp3) is 0.692. The van der Waals surface area contributed by atoms with Crippen LogP contribution in [0.4, 0.5) is 0 Å². The normalized spacial score (nSPS) is 32.8. The van der Waals surface area contributed by atoms with E-state index in [9.17, 15) is 4.79 Å². The van der Waals surface area contributed by atoms with Gasteiger partial charge in [-0.1, -0.05) is 31.8 Å². The standard InChI is InChI=1S/C13H22N2OSi/c1-8(2)9-6-10-12(11(16)7-9)14-15-13(10)17(3,4)5/h9-10,12,14H,1,6-7H2,2-5H3/t9?,10-,12+/m0/s1. The van der Waals surface area contributed by atoms with Crippen molar-refractivity contribution in [1.82, 2.24) is 5.43 Å². The van der Waals surface area contributed by atoms with Gasteiger partial charge in [0.25, 0.3) is 0 Å². The van der Waals surface area contributed by atoms with Gasteiger partial charge in [-0.3, -0.25) is 10.2 Å². The van der Waals surface area contributed by atoms with E-state index >= 15 is 0 Å². The average molecular weight is 250 g/mol. The second-order valence-corrected chi connectivity index (χ2v) is 11.4. The molecule has 3 nitrogen and oxygen atoms in total. The monoisotopic (exact) mass is 250 g/mol. The zero-order valence-electron chi connectivity index (χ0n) is 11.2. The van der Waals surface area contributed by atoms with Crippen molar-refractivity contribution in [2.24, 2.45) is 16.9 Å². The highest BCUT2D eigenvalue weighted by molar-refractivity contribution is 7.04. The van der Waals surface area contributed by atoms with E-state index in [0.717, 1.165) is 12.0 Å². The van der Waals surface area contributed by atoms with Crippen LogP contribution in [0.3, 0.4) is 0 Å². The minimum atomic E-state index is -1.42. The molecule has 0 aromatic heterocycles. The molecule has 2 aliphatic rings. The molecule has 4 heteroatoms. The van der Waals surface area contributed by atoms with E-state index in [1.165, 1.54) is 5.33 Å². The van der Waals surface area contributed by atoms with Crippen molar-refractivity contribution in [1.29, 1.82) is 0 Å². The fourth-order valence-corrected chi connectivity index (χ4v) is 4.67. The molecule has 0 spiro atoms. The number of nitrogens with one attached hydrogen (secondary N) is 1. The molecular formula is C13H22N2OSi. The van der Waals surface area contributed by atoms with Crippen LogP contribution in [0, 0.1) is 11.8 Å². The van der Waals surface area contributed by atoms with E-state index in [-0.39, 0.29) is 6.04 Å². The largest absolute Gasteiger partial charge is 0.299 e. The molecule has 0 amide bonds. The average Bonchev–Trinajstić information content (AvgIpc) is 2.60. The van der Waals surface area contributed by atoms with Crippen LogP contribution < -0.4 is 5.43 Å². The summed E-state index contributed by atoms with van der Waals surface area (Å²) in [6, 6.07) is -0.0488. The third kappa shape index (κ3) is 2.23. The summed E-state index contributed by atoms with van der Waals surface area (Å²) in [7, 11) is -1.42. The van der Waals surface area contributed by atoms with Crippen LogP contribution in [0.25, 0.3) is 0 Å². The number of allylic oxidation sites excluding steroid dienone is 1. The van der Waals surface area contributed by atoms with Crippen LogP contribution in [-0.4, -0.2) is 25.2 Å². The first-order valence-corrected chi connectivity index (χ1v) is 9.82. The second-order valence-electron chi connectivity index (χ2n) is 6.41. The van der Waals surface area contributed by atoms with Crippen LogP contribution in [-0.2, 0) is 4.79 Å². The highest BCUT2D eigenvalue weighted by Crippen LogP contribution is 2.36. The molecule has 3 atom stereocenters. The van der Waals surface area contributed by atoms with Gasteiger partial charge in [0, 0.05) is 17.7 Å². The van der Waals surface area contributed by atoms with Gasteiger partial charge < -0.3 is 0 Å². The van der Waals surface area contributed by atoms with Gasteiger partial charge >= 0.3 is 0 Å². The summed E-state index contributed by atoms with van der Waals surface area (Å²) >= 11 is 0. The van der Waals surface area contributed by atoms with Crippen molar-refractivity contribution in [3.8, 4) is 0 Å². The first-order chi connectivity index (χ1) is 7.80. The van der Waals surface area contributed by atoms with Crippen LogP contribution >= 0.6 is 0 Å². The van der Waals surface area contributed by atoms with E-state index in [2.05, 4.69) is 36.7 Å². The number of Topliss-reactive ketones (excluding diaryl/α,β-unsaturated/α-hetero) is 1. The summed E-state index contributed by atoms with van der Waals surface area (Å²) in [5, 5.41) is 5.75. The molecule has 1 heterocycles. The lowest BCUT2D eigenvalue weighted by Gasteiger charge is -2.33. The Labute approximate surface area is 104 Å². The Kier molecular flexibility index (Phi) is 3.02. The van der Waals surface area contributed by atoms with Crippen molar-refractivity contribution >= 4 is 19.2 Å². The van der Waals surface area contributed by atoms with Crippen molar-refractivity contribution in [2.75, 3.05) is 0 Å². The quantitative estimate of drug-likeness (QED) is 0.604. The zero-order chi connectivity index (χ0) is 12.8. The van der Waals surface area contributed by atoms with Gasteiger partial charge in [-0.15, -0.1) is 0 Å². The van der Waals surface area contributed by atoms with Gasteiger partial charge in [0.15, 0.2) is 5.78 Å². The minimum absolute atomic E-state index is 0.0488. The molecule has 17 heavy (non-hydrogen) atoms. The predicted octanol–water partition coefficient (Wildman–Crippen LogP) is 2.36. The molecular weight excluding hydrogens is 228 g/mol. The molecule has 1 aliphatic heterocycles. The van der Waals surface area contributed by atoms with E-state index in [1.807, 2.05) is 6.92 Å². The Balaban J connectivity index is 2.24. The molecule has 1 fully saturated rings. The van der Waals surface area contributed by atoms with E-state index in [0.29, 0.717) is 24.0 Å². The predicted molar refractivity (Wildman–Crippen MR) is 73.7 cm³/mol. The number of rotatable bonds is 2. The van der Waals surface area contributed by atoms with Crippen LogP contribution in [0.1, 0.15) is 19.8 Å². The third-order valence-corrected chi connectivity index (χ3v) is 5.90. The third-order valence-electron chi connectivity index (χ3n) is 3.88. The second kappa shape index (κ2) is 4.09. The van der Waals surface area contributed by atoms with Gasteiger partial charge in [-0.05, 0) is 19.3 Å². The summed E-state index contributed by atoms with van der Waals surface area (Å²) in [5.41, 5.74) is 4.21. The van der Waals surface area contributed by atoms with Gasteiger partial charge in [0.2, 0.25) is 0 Å². The molecule has 0 saturated heterocycles. The van der Waals surface area contributed by atoms with Crippen LogP contribution in [0.15, 0.2) is 17.3 Å². The molecule has 0 aromatic rings. The maximum Gasteiger partial charge on any atom is 0.157 e. The summed E-state index contributed by atoms with van der Waals surface area (Å²) in [4.78, 5) is 12.1. The first kappa shape index (κ1) is 12.6. The number of fused-ring (bicyclic) bond motifs is 1. The molecule has 2 rings (SSSR count). The lowest BCUT2D eigenvalue weighted by Crippen LogP contribution is -2.48. The molecule has 1 aliphatic carbocycles. The molecule has 0 radical (unpaired) electrons. The number of carbonyl (C=O) groups excluding carboxylic acids is 1. The molecule has 0 aromatic carbocycles. The van der Waals surface area contributed by atoms with Crippen molar-refractivity contribution in [3.05, 3.63) is 12.2 Å². The van der Waals surface area contributed by atoms with Gasteiger partial charge in [0.05, 0.1) is 8.07 Å². The number of hydrogen-bond acceptors (Lipinski definition) is 3. The maximum absolute atomic E-state index is 12.1. The van der Waals surface area contributed by atoms with Gasteiger partial charge in [-0.2, -0.15) is 5.10 Å². The highest BCUT2D eigenvalue weighted by Gasteiger charge is 2.46. The first-order valence-electron chi connectivity index (χ1n) is 6.32. The molecule has 1 unspecified atom stereocenters. The molecule has 1 saturated carbocycles. The lowest BCUT2D eigenvalue weighted by molar-refractivity contribution is -0.124. The maximum atomic E-state index is 12.1. The highest BCUT2D eigenvalue weighted by atomic mass is 28.3. The van der Waals surface area contributed by atoms with Crippen LogP contribution in [0.2, 0.25) is 19.6 Å². The topological polar surface area (TPSA) is 41.5 Å². The van der Waals surface area contributed by atoms with Gasteiger partial charge in [0.1, 0.15) is 6.04 Å². The van der Waals surface area contributed by atoms with Crippen molar-refractivity contribution < 1.29 is 4.79 Å². The van der Waals surface area contributed by atoms with E-state index < -0.39 is 8.07 Å². The summed E-state index contributed by atoms with van der Waals surface area (Å²) in [6.07, 6.45) is 1.68. The lowest BCUT2D eigenvalue weighted by atomic mass is 9.76. The Hall–Kier alpha value is -0.903. The van der Waals surface area contributed by atoms with Crippen molar-refractivity contribution in [3.63, 3.8) is 0 Å². The smallest absolute Gasteiger partial charge is 0.157 e. The van der Waals surface area contributed by atoms with E-state index in [4.69, 9.17) is 0 Å². The van der Waals surface area contributed by atoms with Gasteiger partial charge in [-0.25, -0.2) is 0 Å². The number of carbonyl (C=O) groups is 1. The number of ketones is 1. The summed E-state index contributed by atoms with van der Waals surface area (Å²) in [5.74, 6) is 0.987. The Morgan fingerprint density at radius 1 is 1.47 bits per heavy atom. The molecule has 0 bridgehead atoms. The number of hydrogen-bond donors (Lipinski definition) is 1. The Bertz CT molecular complexity index is 395. The minimum Gasteiger partial charge on any atom is -0.299 e. The molecule has 94 valence electrons. The number of nitrogens with zero attached hydrogens (tertiary/aromatic N) is 1. The zero-order valence-corrected chi connectivity index (χ0v) is 12.2. The molecule has 1 N–H and O–H groups in total. The summed E-state index contributed by atoms with van der Waals surface area (Å²) in [6.45, 7) is 12.9. The Morgan fingerprint density at radius 3 is 2.65 bits per heavy atom. The fourth-order valence-electron chi connectivity index (χ4n) is 2.87. The van der Waals surface area contributed by atoms with E-state index in [1.54, 1.807) is 0 Å². The van der Waals surface area contributed by atoms with Crippen molar-refractivity contribution in [2.45, 2.75) is 45.4 Å². The van der Waals surface area contributed by atoms with Crippen LogP contribution in [0.5, 0.6) is 0 Å².